The number of nitrogens with zero attached hydrogens (tertiary/aromatic N) is 1. The fourth-order valence-corrected chi connectivity index (χ4v) is 2.92. The van der Waals surface area contributed by atoms with Crippen molar-refractivity contribution in [2.45, 2.75) is 44.9 Å². The van der Waals surface area contributed by atoms with Crippen LogP contribution in [-0.2, 0) is 14.4 Å². The standard InChI is InChI=1S/C17H18B2N2O4.C3H8O2/c18-11-8-12(14(23)4-2-1-3-7-20-10-22)17(13(19)9-11)21-15(24)5-6-16(21)25;4-2-1-3-5/h8-10H,1-7H2,(H,20,22);4-5H,1-3H2. The van der Waals surface area contributed by atoms with Crippen LogP contribution in [0.4, 0.5) is 5.69 Å². The summed E-state index contributed by atoms with van der Waals surface area (Å²) in [6.07, 6.45) is 3.75. The molecule has 4 radical (unpaired) electrons. The van der Waals surface area contributed by atoms with E-state index in [4.69, 9.17) is 25.9 Å². The van der Waals surface area contributed by atoms with Gasteiger partial charge < -0.3 is 15.5 Å². The lowest BCUT2D eigenvalue weighted by Gasteiger charge is -2.21. The number of rotatable bonds is 11. The first-order valence-corrected chi connectivity index (χ1v) is 9.84. The Balaban J connectivity index is 0.000000804. The number of aliphatic hydroxyl groups is 2. The molecule has 0 unspecified atom stereocenters. The fourth-order valence-electron chi connectivity index (χ4n) is 2.92. The number of aliphatic hydroxyl groups excluding tert-OH is 2. The molecule has 158 valence electrons. The van der Waals surface area contributed by atoms with Crippen molar-refractivity contribution in [2.24, 2.45) is 0 Å². The van der Waals surface area contributed by atoms with Crippen LogP contribution in [0.1, 0.15) is 55.3 Å². The molecule has 0 spiro atoms. The number of hydrogen-bond donors (Lipinski definition) is 3. The third-order valence-corrected chi connectivity index (χ3v) is 4.36. The summed E-state index contributed by atoms with van der Waals surface area (Å²) in [6, 6.07) is 2.90. The molecule has 0 atom stereocenters. The molecule has 1 aromatic carbocycles. The lowest BCUT2D eigenvalue weighted by Crippen LogP contribution is -2.36. The van der Waals surface area contributed by atoms with Crippen LogP contribution in [0.3, 0.4) is 0 Å². The number of carbonyl (C=O) groups is 4. The third kappa shape index (κ3) is 7.76. The van der Waals surface area contributed by atoms with Crippen molar-refractivity contribution < 1.29 is 29.4 Å². The molecule has 0 bridgehead atoms. The Hall–Kier alpha value is -2.45. The van der Waals surface area contributed by atoms with Crippen LogP contribution in [0.25, 0.3) is 0 Å². The molecule has 3 N–H and O–H groups in total. The molecule has 1 saturated heterocycles. The maximum Gasteiger partial charge on any atom is 0.234 e. The first-order chi connectivity index (χ1) is 14.4. The number of anilines is 1. The van der Waals surface area contributed by atoms with E-state index in [2.05, 4.69) is 5.32 Å². The molecule has 0 aliphatic carbocycles. The predicted molar refractivity (Wildman–Crippen MR) is 115 cm³/mol. The number of amides is 3. The second-order valence-electron chi connectivity index (χ2n) is 6.74. The van der Waals surface area contributed by atoms with Crippen molar-refractivity contribution in [3.05, 3.63) is 17.7 Å². The van der Waals surface area contributed by atoms with Gasteiger partial charge in [-0.3, -0.25) is 24.1 Å². The summed E-state index contributed by atoms with van der Waals surface area (Å²) < 4.78 is 0. The van der Waals surface area contributed by atoms with E-state index in [1.165, 1.54) is 12.1 Å². The van der Waals surface area contributed by atoms with Gasteiger partial charge in [-0.05, 0) is 19.3 Å². The smallest absolute Gasteiger partial charge is 0.234 e. The topological polar surface area (TPSA) is 124 Å². The van der Waals surface area contributed by atoms with Crippen LogP contribution in [0, 0.1) is 0 Å². The molecule has 10 heteroatoms. The van der Waals surface area contributed by atoms with E-state index in [0.29, 0.717) is 31.3 Å². The van der Waals surface area contributed by atoms with Gasteiger partial charge in [0.05, 0.1) is 5.69 Å². The Bertz CT molecular complexity index is 739. The third-order valence-electron chi connectivity index (χ3n) is 4.36. The van der Waals surface area contributed by atoms with Crippen LogP contribution in [0.15, 0.2) is 12.1 Å². The number of hydrogen-bond acceptors (Lipinski definition) is 6. The molecule has 1 aromatic rings. The maximum atomic E-state index is 12.6. The van der Waals surface area contributed by atoms with E-state index in [-0.39, 0.29) is 66.8 Å². The summed E-state index contributed by atoms with van der Waals surface area (Å²) in [4.78, 5) is 47.8. The predicted octanol–water partition coefficient (Wildman–Crippen LogP) is -1.22. The van der Waals surface area contributed by atoms with Crippen molar-refractivity contribution in [1.82, 2.24) is 5.32 Å². The highest BCUT2D eigenvalue weighted by Crippen LogP contribution is 2.25. The van der Waals surface area contributed by atoms with Gasteiger partial charge in [0.1, 0.15) is 15.7 Å². The van der Waals surface area contributed by atoms with Crippen LogP contribution in [0.2, 0.25) is 0 Å². The summed E-state index contributed by atoms with van der Waals surface area (Å²) in [6.45, 7) is 0.748. The molecule has 3 amide bonds. The van der Waals surface area contributed by atoms with E-state index in [9.17, 15) is 19.2 Å². The van der Waals surface area contributed by atoms with Gasteiger partial charge in [0.25, 0.3) is 0 Å². The largest absolute Gasteiger partial charge is 0.396 e. The highest BCUT2D eigenvalue weighted by Gasteiger charge is 2.33. The minimum atomic E-state index is -0.365. The first kappa shape index (κ1) is 25.6. The summed E-state index contributed by atoms with van der Waals surface area (Å²) in [5.74, 6) is -0.948. The number of carbonyl (C=O) groups excluding carboxylic acids is 4. The first-order valence-electron chi connectivity index (χ1n) is 9.84. The SMILES string of the molecule is OCCCO.[B]c1cc([B])c(N2C(=O)CCC2=O)c(C(=O)CCCCCNC=O)c1. The second-order valence-corrected chi connectivity index (χ2v) is 6.74. The summed E-state index contributed by atoms with van der Waals surface area (Å²) in [5.41, 5.74) is 0.794. The van der Waals surface area contributed by atoms with Gasteiger partial charge in [0.2, 0.25) is 18.2 Å². The molecule has 1 heterocycles. The van der Waals surface area contributed by atoms with E-state index < -0.39 is 0 Å². The Morgan fingerprint density at radius 1 is 1.03 bits per heavy atom. The van der Waals surface area contributed by atoms with Gasteiger partial charge in [-0.15, -0.1) is 0 Å². The fraction of sp³-hybridized carbons (Fsp3) is 0.500. The maximum absolute atomic E-state index is 12.6. The average molecular weight is 412 g/mol. The molecule has 1 aliphatic rings. The monoisotopic (exact) mass is 412 g/mol. The van der Waals surface area contributed by atoms with Gasteiger partial charge >= 0.3 is 0 Å². The zero-order valence-electron chi connectivity index (χ0n) is 16.9. The molecule has 8 nitrogen and oxygen atoms in total. The van der Waals surface area contributed by atoms with Crippen molar-refractivity contribution in [3.8, 4) is 0 Å². The highest BCUT2D eigenvalue weighted by atomic mass is 16.3. The van der Waals surface area contributed by atoms with Crippen LogP contribution in [0.5, 0.6) is 0 Å². The van der Waals surface area contributed by atoms with Crippen LogP contribution >= 0.6 is 0 Å². The van der Waals surface area contributed by atoms with Gasteiger partial charge in [-0.25, -0.2) is 0 Å². The Labute approximate surface area is 178 Å². The number of imide groups is 1. The lowest BCUT2D eigenvalue weighted by atomic mass is 9.82. The number of benzene rings is 1. The molecule has 1 fully saturated rings. The Morgan fingerprint density at radius 3 is 2.20 bits per heavy atom. The molecular formula is C20H26B2N2O6. The van der Waals surface area contributed by atoms with Crippen LogP contribution < -0.4 is 21.1 Å². The quantitative estimate of drug-likeness (QED) is 0.138. The summed E-state index contributed by atoms with van der Waals surface area (Å²) in [7, 11) is 11.7. The Kier molecular flexibility index (Phi) is 11.7. The van der Waals surface area contributed by atoms with E-state index >= 15 is 0 Å². The highest BCUT2D eigenvalue weighted by molar-refractivity contribution is 6.43. The van der Waals surface area contributed by atoms with Crippen molar-refractivity contribution in [1.29, 1.82) is 0 Å². The van der Waals surface area contributed by atoms with Crippen molar-refractivity contribution in [2.75, 3.05) is 24.7 Å². The van der Waals surface area contributed by atoms with Crippen LogP contribution in [-0.4, -0.2) is 69.7 Å². The Morgan fingerprint density at radius 2 is 1.67 bits per heavy atom. The molecule has 2 rings (SSSR count). The van der Waals surface area contributed by atoms with Gasteiger partial charge in [0.15, 0.2) is 5.78 Å². The number of unbranched alkanes of at least 4 members (excludes halogenated alkanes) is 2. The number of ketones is 1. The number of nitrogens with one attached hydrogen (secondary N) is 1. The normalized spacial score (nSPS) is 13.1. The average Bonchev–Trinajstić information content (AvgIpc) is 3.03. The van der Waals surface area contributed by atoms with Crippen molar-refractivity contribution >= 4 is 56.3 Å². The summed E-state index contributed by atoms with van der Waals surface area (Å²) >= 11 is 0. The van der Waals surface area contributed by atoms with E-state index in [1.807, 2.05) is 0 Å². The lowest BCUT2D eigenvalue weighted by molar-refractivity contribution is -0.121. The molecule has 0 aromatic heterocycles. The van der Waals surface area contributed by atoms with E-state index in [1.54, 1.807) is 0 Å². The van der Waals surface area contributed by atoms with Gasteiger partial charge in [0, 0.05) is 44.6 Å². The zero-order chi connectivity index (χ0) is 22.5. The molecule has 0 saturated carbocycles. The van der Waals surface area contributed by atoms with E-state index in [0.717, 1.165) is 17.7 Å². The molecule has 1 aliphatic heterocycles. The number of Topliss-reactive ketones (excluding diaryl/α,β-unsaturated/α-hetero) is 1. The zero-order valence-corrected chi connectivity index (χ0v) is 16.9. The van der Waals surface area contributed by atoms with Gasteiger partial charge in [-0.2, -0.15) is 0 Å². The minimum absolute atomic E-state index is 0.0938. The molecular weight excluding hydrogens is 386 g/mol. The second kappa shape index (κ2) is 13.7. The molecule has 30 heavy (non-hydrogen) atoms. The summed E-state index contributed by atoms with van der Waals surface area (Å²) in [5, 5.41) is 18.4. The van der Waals surface area contributed by atoms with Crippen molar-refractivity contribution in [3.63, 3.8) is 0 Å². The van der Waals surface area contributed by atoms with Gasteiger partial charge in [-0.1, -0.05) is 29.5 Å². The minimum Gasteiger partial charge on any atom is -0.396 e.